The van der Waals surface area contributed by atoms with Gasteiger partial charge in [-0.25, -0.2) is 12.9 Å². The fraction of sp³-hybridized carbons (Fsp3) is 0.500. The van der Waals surface area contributed by atoms with E-state index in [-0.39, 0.29) is 52.4 Å². The van der Waals surface area contributed by atoms with E-state index in [2.05, 4.69) is 34.5 Å². The van der Waals surface area contributed by atoms with E-state index in [9.17, 15) is 19.5 Å². The highest BCUT2D eigenvalue weighted by atomic mass is 32.2. The number of sulfonamides is 1. The van der Waals surface area contributed by atoms with Gasteiger partial charge in [0, 0.05) is 31.8 Å². The summed E-state index contributed by atoms with van der Waals surface area (Å²) in [6.45, 7) is 6.51. The van der Waals surface area contributed by atoms with Crippen molar-refractivity contribution in [3.8, 4) is 5.69 Å². The number of hydrogen-bond acceptors (Lipinski definition) is 11. The molecule has 6 rings (SSSR count). The van der Waals surface area contributed by atoms with Crippen LogP contribution in [0.2, 0.25) is 0 Å². The largest absolute Gasteiger partial charge is 0.481 e. The minimum absolute atomic E-state index is 0.0911. The molecule has 3 aromatic carbocycles. The number of unbranched alkanes of at least 4 members (excludes halogenated alkanes) is 14. The SMILES string of the molecule is CCCCCCCCCCCCC(c1nnc2c(N(Cc3ccccc3)S(=O)(=O)c3ccccc3N(C)C(=O)Sc3nnnn3-c3ccccc3)c(C)[nH]n12)N(CCCCCCCC)C(=O)CCC(=O)O. The summed E-state index contributed by atoms with van der Waals surface area (Å²) < 4.78 is 35.4. The van der Waals surface area contributed by atoms with Crippen molar-refractivity contribution in [2.75, 3.05) is 22.8 Å². The van der Waals surface area contributed by atoms with Crippen LogP contribution in [0.5, 0.6) is 0 Å². The molecule has 3 heterocycles. The average molecular weight is 1010 g/mol. The van der Waals surface area contributed by atoms with E-state index in [4.69, 9.17) is 10.2 Å². The number of carboxylic acids is 1. The Bertz CT molecular complexity index is 2710. The van der Waals surface area contributed by atoms with Gasteiger partial charge in [0.1, 0.15) is 10.6 Å². The van der Waals surface area contributed by atoms with Crippen molar-refractivity contribution in [2.24, 2.45) is 0 Å². The monoisotopic (exact) mass is 1010 g/mol. The number of aromatic amines is 1. The molecule has 1 atom stereocenters. The Morgan fingerprint density at radius 3 is 1.97 bits per heavy atom. The predicted molar refractivity (Wildman–Crippen MR) is 278 cm³/mol. The Labute approximate surface area is 422 Å². The number of nitrogens with zero attached hydrogens (tertiary/aromatic N) is 10. The summed E-state index contributed by atoms with van der Waals surface area (Å²) in [5, 5.41) is 34.1. The van der Waals surface area contributed by atoms with E-state index in [0.717, 1.165) is 76.0 Å². The molecule has 0 fully saturated rings. The van der Waals surface area contributed by atoms with Gasteiger partial charge >= 0.3 is 5.97 Å². The number of hydrogen-bond donors (Lipinski definition) is 2. The van der Waals surface area contributed by atoms with Gasteiger partial charge in [0.15, 0.2) is 5.82 Å². The lowest BCUT2D eigenvalue weighted by atomic mass is 10.0. The summed E-state index contributed by atoms with van der Waals surface area (Å²) in [6, 6.07) is 24.2. The van der Waals surface area contributed by atoms with Crippen LogP contribution in [0.3, 0.4) is 0 Å². The number of aryl methyl sites for hydroxylation is 1. The lowest BCUT2D eigenvalue weighted by molar-refractivity contribution is -0.142. The number of carbonyl (C=O) groups excluding carboxylic acids is 2. The molecule has 0 spiro atoms. The first-order chi connectivity index (χ1) is 34.5. The van der Waals surface area contributed by atoms with E-state index in [1.807, 2.05) is 60.7 Å². The highest BCUT2D eigenvalue weighted by Crippen LogP contribution is 2.38. The zero-order chi connectivity index (χ0) is 50.6. The van der Waals surface area contributed by atoms with Crippen LogP contribution in [0.1, 0.15) is 159 Å². The summed E-state index contributed by atoms with van der Waals surface area (Å²) in [7, 11) is -3.00. The second-order valence-electron chi connectivity index (χ2n) is 18.1. The maximum atomic E-state index is 15.5. The first-order valence-corrected chi connectivity index (χ1v) is 27.6. The summed E-state index contributed by atoms with van der Waals surface area (Å²) >= 11 is 0.765. The van der Waals surface area contributed by atoms with Crippen molar-refractivity contribution < 1.29 is 27.9 Å². The van der Waals surface area contributed by atoms with E-state index in [1.54, 1.807) is 34.5 Å². The Balaban J connectivity index is 1.36. The summed E-state index contributed by atoms with van der Waals surface area (Å²) in [5.74, 6) is -0.867. The molecule has 17 nitrogen and oxygen atoms in total. The van der Waals surface area contributed by atoms with Gasteiger partial charge < -0.3 is 14.9 Å². The fourth-order valence-electron chi connectivity index (χ4n) is 8.91. The number of rotatable bonds is 31. The first kappa shape index (κ1) is 54.3. The lowest BCUT2D eigenvalue weighted by Crippen LogP contribution is -2.37. The van der Waals surface area contributed by atoms with E-state index in [1.165, 1.54) is 65.5 Å². The van der Waals surface area contributed by atoms with Crippen molar-refractivity contribution in [3.63, 3.8) is 0 Å². The number of tetrazole rings is 1. The first-order valence-electron chi connectivity index (χ1n) is 25.4. The maximum absolute atomic E-state index is 15.5. The van der Waals surface area contributed by atoms with Crippen molar-refractivity contribution >= 4 is 55.9 Å². The van der Waals surface area contributed by atoms with Gasteiger partial charge in [-0.3, -0.25) is 23.8 Å². The number of aliphatic carboxylic acids is 1. The number of anilines is 2. The third-order valence-corrected chi connectivity index (χ3v) is 15.5. The number of benzene rings is 3. The van der Waals surface area contributed by atoms with Crippen molar-refractivity contribution in [3.05, 3.63) is 102 Å². The van der Waals surface area contributed by atoms with Crippen LogP contribution in [-0.2, 0) is 26.2 Å². The molecule has 2 N–H and O–H groups in total. The molecule has 0 saturated heterocycles. The van der Waals surface area contributed by atoms with Crippen LogP contribution < -0.4 is 9.21 Å². The molecule has 0 bridgehead atoms. The molecule has 382 valence electrons. The highest BCUT2D eigenvalue weighted by Gasteiger charge is 2.36. The zero-order valence-corrected chi connectivity index (χ0v) is 43.4. The normalized spacial score (nSPS) is 12.1. The number of para-hydroxylation sites is 2. The van der Waals surface area contributed by atoms with Gasteiger partial charge in [0.05, 0.1) is 36.1 Å². The lowest BCUT2D eigenvalue weighted by Gasteiger charge is -2.31. The Morgan fingerprint density at radius 2 is 1.32 bits per heavy atom. The smallest absolute Gasteiger partial charge is 0.303 e. The molecule has 0 radical (unpaired) electrons. The number of carboxylic acid groups (broad SMARTS) is 1. The van der Waals surface area contributed by atoms with Gasteiger partial charge in [-0.2, -0.15) is 4.68 Å². The summed E-state index contributed by atoms with van der Waals surface area (Å²) in [6.07, 6.45) is 17.6. The average Bonchev–Trinajstić information content (AvgIpc) is 4.10. The number of fused-ring (bicyclic) bond motifs is 1. The number of H-pyrrole nitrogens is 1. The fourth-order valence-corrected chi connectivity index (χ4v) is 11.3. The second kappa shape index (κ2) is 27.5. The molecule has 0 aliphatic carbocycles. The molecule has 6 aromatic rings. The molecule has 71 heavy (non-hydrogen) atoms. The molecular weight excluding hydrogens is 939 g/mol. The van der Waals surface area contributed by atoms with E-state index >= 15 is 8.42 Å². The van der Waals surface area contributed by atoms with Crippen molar-refractivity contribution in [2.45, 2.75) is 165 Å². The number of amides is 2. The van der Waals surface area contributed by atoms with Crippen LogP contribution in [-0.4, -0.2) is 89.2 Å². The zero-order valence-electron chi connectivity index (χ0n) is 41.8. The Morgan fingerprint density at radius 1 is 0.732 bits per heavy atom. The quantitative estimate of drug-likeness (QED) is 0.0308. The predicted octanol–water partition coefficient (Wildman–Crippen LogP) is 11.5. The van der Waals surface area contributed by atoms with Gasteiger partial charge in [0.25, 0.3) is 15.3 Å². The highest BCUT2D eigenvalue weighted by molar-refractivity contribution is 8.13. The number of carbonyl (C=O) groups is 3. The maximum Gasteiger partial charge on any atom is 0.303 e. The topological polar surface area (TPSA) is 205 Å². The second-order valence-corrected chi connectivity index (χ2v) is 20.9. The van der Waals surface area contributed by atoms with Gasteiger partial charge in [-0.15, -0.1) is 15.3 Å². The van der Waals surface area contributed by atoms with Gasteiger partial charge in [0.2, 0.25) is 16.7 Å². The summed E-state index contributed by atoms with van der Waals surface area (Å²) in [5.41, 5.74) is 2.47. The third-order valence-electron chi connectivity index (χ3n) is 12.8. The molecule has 3 aromatic heterocycles. The van der Waals surface area contributed by atoms with Gasteiger partial charge in [-0.1, -0.05) is 171 Å². The van der Waals surface area contributed by atoms with E-state index < -0.39 is 27.3 Å². The molecule has 19 heteroatoms. The van der Waals surface area contributed by atoms with Crippen LogP contribution in [0.4, 0.5) is 16.2 Å². The molecule has 0 saturated carbocycles. The minimum Gasteiger partial charge on any atom is -0.481 e. The van der Waals surface area contributed by atoms with Crippen molar-refractivity contribution in [1.29, 1.82) is 0 Å². The molecule has 0 aliphatic heterocycles. The number of aromatic nitrogens is 8. The summed E-state index contributed by atoms with van der Waals surface area (Å²) in [4.78, 5) is 43.0. The number of thioether (sulfide) groups is 1. The van der Waals surface area contributed by atoms with Crippen LogP contribution in [0, 0.1) is 6.92 Å². The van der Waals surface area contributed by atoms with Crippen LogP contribution in [0.25, 0.3) is 11.3 Å². The molecular formula is C52H71N11O6S2. The Kier molecular flexibility index (Phi) is 21.0. The van der Waals surface area contributed by atoms with Gasteiger partial charge in [-0.05, 0) is 60.0 Å². The molecule has 0 aliphatic rings. The van der Waals surface area contributed by atoms with E-state index in [0.29, 0.717) is 35.7 Å². The molecule has 2 amide bonds. The van der Waals surface area contributed by atoms with Crippen LogP contribution in [0.15, 0.2) is 95.0 Å². The van der Waals surface area contributed by atoms with Crippen molar-refractivity contribution in [1.82, 2.24) is 44.9 Å². The number of nitrogens with one attached hydrogen (secondary N) is 1. The third kappa shape index (κ3) is 14.7. The molecule has 1 unspecified atom stereocenters. The minimum atomic E-state index is -4.51. The Hall–Kier alpha value is -6.08. The van der Waals surface area contributed by atoms with Crippen LogP contribution >= 0.6 is 11.8 Å². The standard InChI is InChI=1S/C52H71N11O6S2/c1-5-7-9-11-13-14-15-16-17-25-34-44(60(46(64)36-37-47(65)66)38-28-18-12-10-8-6-2)49-53-54-50-48(40(3)56-63(49)50)61(39-41-29-21-19-22-30-41)71(68,69)45-35-27-26-33-43(45)59(4)52(67)70-51-55-57-58-62(51)42-31-23-20-24-32-42/h19-24,26-27,29-33,35,44,56H,5-18,25,28,34,36-39H2,1-4H3,(H,65,66).